The third kappa shape index (κ3) is 3.35. The van der Waals surface area contributed by atoms with Crippen LogP contribution in [0.15, 0.2) is 45.8 Å². The largest absolute Gasteiger partial charge is 0.331 e. The van der Waals surface area contributed by atoms with Gasteiger partial charge >= 0.3 is 0 Å². The van der Waals surface area contributed by atoms with E-state index in [1.807, 2.05) is 24.4 Å². The maximum Gasteiger partial charge on any atom is 0.261 e. The average molecular weight is 407 g/mol. The molecule has 10 heteroatoms. The smallest absolute Gasteiger partial charge is 0.261 e. The summed E-state index contributed by atoms with van der Waals surface area (Å²) in [5.41, 5.74) is 1.01. The van der Waals surface area contributed by atoms with Crippen LogP contribution in [0.2, 0.25) is 0 Å². The number of amides is 1. The maximum atomic E-state index is 12.6. The molecule has 1 N–H and O–H groups in total. The lowest BCUT2D eigenvalue weighted by atomic mass is 10.1. The quantitative estimate of drug-likeness (QED) is 0.846. The number of aryl methyl sites for hydroxylation is 1. The third-order valence-corrected chi connectivity index (χ3v) is 6.75. The van der Waals surface area contributed by atoms with Gasteiger partial charge in [-0.05, 0) is 31.2 Å². The molecule has 2 aliphatic heterocycles. The molecule has 2 aromatic heterocycles. The first-order valence-electron chi connectivity index (χ1n) is 7.73. The molecule has 26 heavy (non-hydrogen) atoms. The molecule has 4 rings (SSSR count). The Morgan fingerprint density at radius 1 is 1.35 bits per heavy atom. The van der Waals surface area contributed by atoms with Crippen LogP contribution >= 0.6 is 22.7 Å². The van der Waals surface area contributed by atoms with E-state index in [4.69, 9.17) is 0 Å². The highest BCUT2D eigenvalue weighted by atomic mass is 32.2. The van der Waals surface area contributed by atoms with Gasteiger partial charge in [-0.25, -0.2) is 13.4 Å². The van der Waals surface area contributed by atoms with Crippen molar-refractivity contribution >= 4 is 49.6 Å². The van der Waals surface area contributed by atoms with Crippen LogP contribution in [0, 0.1) is 6.92 Å². The van der Waals surface area contributed by atoms with Crippen LogP contribution in [-0.2, 0) is 14.8 Å². The summed E-state index contributed by atoms with van der Waals surface area (Å²) in [5.74, 6) is -0.341. The molecule has 0 saturated heterocycles. The van der Waals surface area contributed by atoms with Crippen molar-refractivity contribution in [2.45, 2.75) is 6.92 Å². The minimum Gasteiger partial charge on any atom is -0.331 e. The predicted octanol–water partition coefficient (Wildman–Crippen LogP) is 2.62. The van der Waals surface area contributed by atoms with E-state index in [0.717, 1.165) is 10.6 Å². The van der Waals surface area contributed by atoms with E-state index in [-0.39, 0.29) is 23.7 Å². The monoisotopic (exact) mass is 406 g/mol. The molecule has 0 aromatic carbocycles. The number of anilines is 1. The summed E-state index contributed by atoms with van der Waals surface area (Å²) in [7, 11) is -3.54. The fraction of sp³-hybridized carbons (Fsp3) is 0.188. The van der Waals surface area contributed by atoms with Crippen LogP contribution in [-0.4, -0.2) is 42.3 Å². The van der Waals surface area contributed by atoms with E-state index < -0.39 is 15.9 Å². The van der Waals surface area contributed by atoms with Gasteiger partial charge in [0.25, 0.3) is 15.9 Å². The summed E-state index contributed by atoms with van der Waals surface area (Å²) in [6.45, 7) is 2.30. The van der Waals surface area contributed by atoms with Crippen LogP contribution in [0.5, 0.6) is 0 Å². The van der Waals surface area contributed by atoms with Crippen molar-refractivity contribution in [2.24, 2.45) is 4.40 Å². The van der Waals surface area contributed by atoms with Gasteiger partial charge in [0.15, 0.2) is 11.0 Å². The third-order valence-electron chi connectivity index (χ3n) is 3.82. The molecular formula is C16H14N4O3S3. The molecule has 0 radical (unpaired) electrons. The Morgan fingerprint density at radius 2 is 2.19 bits per heavy atom. The Labute approximate surface area is 158 Å². The Balaban J connectivity index is 1.57. The molecule has 134 valence electrons. The fourth-order valence-electron chi connectivity index (χ4n) is 2.57. The molecule has 0 bridgehead atoms. The number of sulfonamides is 1. The van der Waals surface area contributed by atoms with Crippen molar-refractivity contribution in [3.63, 3.8) is 0 Å². The van der Waals surface area contributed by atoms with Gasteiger partial charge in [-0.2, -0.15) is 0 Å². The number of carbonyl (C=O) groups excluding carboxylic acids is 1. The summed E-state index contributed by atoms with van der Waals surface area (Å²) < 4.78 is 27.3. The van der Waals surface area contributed by atoms with Crippen molar-refractivity contribution in [2.75, 3.05) is 17.6 Å². The molecule has 0 aliphatic carbocycles. The molecule has 1 amide bonds. The Morgan fingerprint density at radius 3 is 2.96 bits per heavy atom. The number of amidine groups is 1. The van der Waals surface area contributed by atoms with Crippen LogP contribution < -0.4 is 5.32 Å². The van der Waals surface area contributed by atoms with Gasteiger partial charge in [-0.3, -0.25) is 10.1 Å². The molecule has 2 aliphatic rings. The standard InChI is InChI=1S/C16H14N4O3S3/c1-10-4-5-13(25-10)12-9-24-16(17-12)18-15(21)11-3-2-6-20-7-8-26(22,23)19-14(11)20/h2-6,9H,7-8H2,1H3,(H,17,18,21). The van der Waals surface area contributed by atoms with E-state index >= 15 is 0 Å². The Kier molecular flexibility index (Phi) is 4.25. The second kappa shape index (κ2) is 6.45. The predicted molar refractivity (Wildman–Crippen MR) is 104 cm³/mol. The highest BCUT2D eigenvalue weighted by Crippen LogP contribution is 2.30. The molecule has 2 aromatic rings. The highest BCUT2D eigenvalue weighted by molar-refractivity contribution is 7.90. The summed E-state index contributed by atoms with van der Waals surface area (Å²) in [6, 6.07) is 4.02. The molecule has 0 unspecified atom stereocenters. The number of nitrogens with one attached hydrogen (secondary N) is 1. The maximum absolute atomic E-state index is 12.6. The lowest BCUT2D eigenvalue weighted by molar-refractivity contribution is -0.112. The molecule has 0 atom stereocenters. The van der Waals surface area contributed by atoms with Gasteiger partial charge in [-0.15, -0.1) is 27.1 Å². The molecular weight excluding hydrogens is 392 g/mol. The first kappa shape index (κ1) is 17.1. The molecule has 7 nitrogen and oxygen atoms in total. The van der Waals surface area contributed by atoms with E-state index in [9.17, 15) is 13.2 Å². The Bertz CT molecular complexity index is 1080. The number of fused-ring (bicyclic) bond motifs is 1. The van der Waals surface area contributed by atoms with E-state index in [2.05, 4.69) is 14.7 Å². The van der Waals surface area contributed by atoms with E-state index in [0.29, 0.717) is 5.13 Å². The minimum atomic E-state index is -3.54. The van der Waals surface area contributed by atoms with Crippen LogP contribution in [0.25, 0.3) is 10.6 Å². The first-order valence-corrected chi connectivity index (χ1v) is 11.0. The van der Waals surface area contributed by atoms with Gasteiger partial charge in [-0.1, -0.05) is 0 Å². The second-order valence-electron chi connectivity index (χ2n) is 5.72. The molecule has 0 fully saturated rings. The lowest BCUT2D eigenvalue weighted by Gasteiger charge is -2.28. The minimum absolute atomic E-state index is 0.0637. The van der Waals surface area contributed by atoms with Crippen LogP contribution in [0.3, 0.4) is 0 Å². The number of hydrogen-bond donors (Lipinski definition) is 1. The summed E-state index contributed by atoms with van der Waals surface area (Å²) in [5, 5.41) is 5.07. The number of rotatable bonds is 3. The molecule has 0 spiro atoms. The summed E-state index contributed by atoms with van der Waals surface area (Å²) in [6.07, 6.45) is 4.97. The second-order valence-corrected chi connectivity index (χ2v) is 9.62. The van der Waals surface area contributed by atoms with Gasteiger partial charge in [0, 0.05) is 23.0 Å². The van der Waals surface area contributed by atoms with Crippen molar-refractivity contribution in [1.82, 2.24) is 9.88 Å². The molecule has 0 saturated carbocycles. The first-order chi connectivity index (χ1) is 12.4. The number of allylic oxidation sites excluding steroid dienone is 2. The van der Waals surface area contributed by atoms with Crippen LogP contribution in [0.1, 0.15) is 4.88 Å². The zero-order valence-electron chi connectivity index (χ0n) is 13.7. The highest BCUT2D eigenvalue weighted by Gasteiger charge is 2.30. The van der Waals surface area contributed by atoms with Crippen LogP contribution in [0.4, 0.5) is 5.13 Å². The van der Waals surface area contributed by atoms with Gasteiger partial charge in [0.2, 0.25) is 0 Å². The lowest BCUT2D eigenvalue weighted by Crippen LogP contribution is -2.40. The normalized spacial score (nSPS) is 18.1. The number of carbonyl (C=O) groups is 1. The van der Waals surface area contributed by atoms with E-state index in [1.54, 1.807) is 34.6 Å². The summed E-state index contributed by atoms with van der Waals surface area (Å²) >= 11 is 2.96. The average Bonchev–Trinajstić information content (AvgIpc) is 3.22. The van der Waals surface area contributed by atoms with E-state index in [1.165, 1.54) is 16.2 Å². The number of nitrogens with zero attached hydrogens (tertiary/aromatic N) is 3. The fourth-order valence-corrected chi connectivity index (χ4v) is 5.17. The zero-order valence-corrected chi connectivity index (χ0v) is 16.1. The van der Waals surface area contributed by atoms with Gasteiger partial charge in [0.05, 0.1) is 21.9 Å². The zero-order chi connectivity index (χ0) is 18.3. The van der Waals surface area contributed by atoms with Crippen molar-refractivity contribution in [3.05, 3.63) is 46.3 Å². The van der Waals surface area contributed by atoms with Crippen molar-refractivity contribution in [3.8, 4) is 10.6 Å². The topological polar surface area (TPSA) is 91.7 Å². The summed E-state index contributed by atoms with van der Waals surface area (Å²) in [4.78, 5) is 21.0. The number of thiazole rings is 1. The number of hydrogen-bond acceptors (Lipinski definition) is 7. The number of thiophene rings is 1. The van der Waals surface area contributed by atoms with Crippen molar-refractivity contribution in [1.29, 1.82) is 0 Å². The number of aromatic nitrogens is 1. The Hall–Kier alpha value is -2.30. The van der Waals surface area contributed by atoms with Gasteiger partial charge in [0.1, 0.15) is 0 Å². The van der Waals surface area contributed by atoms with Gasteiger partial charge < -0.3 is 4.90 Å². The molecule has 4 heterocycles. The SMILES string of the molecule is Cc1ccc(-c2csc(NC(=O)C3=CC=CN4CCS(=O)(=O)N=C34)n2)s1. The van der Waals surface area contributed by atoms with Crippen molar-refractivity contribution < 1.29 is 13.2 Å².